The molecular formula is C34H50ClNO15. The van der Waals surface area contributed by atoms with Crippen molar-refractivity contribution in [3.63, 3.8) is 0 Å². The summed E-state index contributed by atoms with van der Waals surface area (Å²) in [6.45, 7) is 14.7. The van der Waals surface area contributed by atoms with E-state index < -0.39 is 23.9 Å². The summed E-state index contributed by atoms with van der Waals surface area (Å²) in [5, 5.41) is 0. The highest BCUT2D eigenvalue weighted by Crippen LogP contribution is 2.05. The minimum atomic E-state index is -0.635. The van der Waals surface area contributed by atoms with Crippen molar-refractivity contribution in [3.05, 3.63) is 45.1 Å². The number of ketones is 3. The number of esters is 4. The average Bonchev–Trinajstić information content (AvgIpc) is 3.07. The van der Waals surface area contributed by atoms with E-state index in [1.807, 2.05) is 0 Å². The molecule has 0 aliphatic rings. The lowest BCUT2D eigenvalue weighted by atomic mass is 10.1. The van der Waals surface area contributed by atoms with Crippen LogP contribution in [-0.4, -0.2) is 98.7 Å². The quantitative estimate of drug-likeness (QED) is 0.0625. The zero-order valence-electron chi connectivity index (χ0n) is 31.0. The number of carbonyl (C=O) groups is 7. The maximum Gasteiger partial charge on any atom is 0.373 e. The first-order valence-electron chi connectivity index (χ1n) is 15.7. The second-order valence-corrected chi connectivity index (χ2v) is 9.76. The number of hydrogen-bond donors (Lipinski definition) is 0. The van der Waals surface area contributed by atoms with E-state index in [-0.39, 0.29) is 72.0 Å². The van der Waals surface area contributed by atoms with Gasteiger partial charge in [0.05, 0.1) is 32.3 Å². The molecule has 0 aliphatic carbocycles. The van der Waals surface area contributed by atoms with Gasteiger partial charge >= 0.3 is 30.0 Å². The number of ether oxygens (including phenoxy) is 4. The van der Waals surface area contributed by atoms with E-state index in [2.05, 4.69) is 9.47 Å². The summed E-state index contributed by atoms with van der Waals surface area (Å²) < 4.78 is 23.6. The maximum absolute atomic E-state index is 11.5. The van der Waals surface area contributed by atoms with Gasteiger partial charge in [0, 0.05) is 38.7 Å². The van der Waals surface area contributed by atoms with Crippen molar-refractivity contribution in [2.45, 2.75) is 81.1 Å². The number of hydrogen-bond acceptors (Lipinski definition) is 16. The fraction of sp³-hybridized carbons (Fsp3) is 0.559. The van der Waals surface area contributed by atoms with E-state index in [4.69, 9.17) is 35.1 Å². The van der Waals surface area contributed by atoms with Crippen molar-refractivity contribution >= 4 is 59.0 Å². The topological polar surface area (TPSA) is 224 Å². The highest BCUT2D eigenvalue weighted by Gasteiger charge is 2.18. The van der Waals surface area contributed by atoms with E-state index in [1.54, 1.807) is 74.4 Å². The van der Waals surface area contributed by atoms with Gasteiger partial charge in [-0.05, 0) is 41.5 Å². The van der Waals surface area contributed by atoms with Crippen molar-refractivity contribution in [2.75, 3.05) is 46.4 Å². The Hall–Kier alpha value is -4.95. The van der Waals surface area contributed by atoms with Gasteiger partial charge in [0.15, 0.2) is 11.6 Å². The van der Waals surface area contributed by atoms with Crippen LogP contribution < -0.4 is 5.43 Å². The molecule has 288 valence electrons. The Morgan fingerprint density at radius 3 is 1.59 bits per heavy atom. The molecule has 0 spiro atoms. The first kappa shape index (κ1) is 52.9. The summed E-state index contributed by atoms with van der Waals surface area (Å²) in [6.07, 6.45) is 3.30. The number of alkyl halides is 1. The van der Waals surface area contributed by atoms with Gasteiger partial charge in [0.25, 0.3) is 0 Å². The first-order chi connectivity index (χ1) is 23.9. The van der Waals surface area contributed by atoms with Gasteiger partial charge < -0.3 is 28.3 Å². The van der Waals surface area contributed by atoms with E-state index in [1.165, 1.54) is 6.20 Å². The molecule has 17 heteroatoms. The number of Topliss-reactive ketones (excluding diaryl/α,β-unsaturated/α-hetero) is 3. The fourth-order valence-corrected chi connectivity index (χ4v) is 2.91. The smallest absolute Gasteiger partial charge is 0.373 e. The van der Waals surface area contributed by atoms with Gasteiger partial charge in [0.1, 0.15) is 41.8 Å². The van der Waals surface area contributed by atoms with E-state index >= 15 is 0 Å². The molecule has 51 heavy (non-hydrogen) atoms. The molecule has 16 nitrogen and oxygen atoms in total. The zero-order chi connectivity index (χ0) is 40.5. The van der Waals surface area contributed by atoms with Gasteiger partial charge in [0.2, 0.25) is 5.43 Å². The lowest BCUT2D eigenvalue weighted by molar-refractivity contribution is -0.192. The molecule has 0 aliphatic heterocycles. The molecule has 1 aromatic rings. The minimum absolute atomic E-state index is 0.0463. The highest BCUT2D eigenvalue weighted by molar-refractivity contribution is 6.28. The lowest BCUT2D eigenvalue weighted by Gasteiger charge is -2.09. The highest BCUT2D eigenvalue weighted by atomic mass is 35.5. The van der Waals surface area contributed by atoms with Gasteiger partial charge in [-0.15, -0.1) is 11.6 Å². The van der Waals surface area contributed by atoms with Crippen molar-refractivity contribution in [2.24, 2.45) is 0 Å². The lowest BCUT2D eigenvalue weighted by Crippen LogP contribution is -2.19. The third-order valence-electron chi connectivity index (χ3n) is 5.30. The number of nitrogens with zero attached hydrogens (tertiary/aromatic N) is 1. The van der Waals surface area contributed by atoms with Crippen LogP contribution in [-0.2, 0) is 57.3 Å². The number of carbonyl (C=O) groups excluding carboxylic acids is 9. The molecule has 0 atom stereocenters. The number of rotatable bonds is 15. The van der Waals surface area contributed by atoms with Crippen LogP contribution in [0, 0.1) is 13.8 Å². The van der Waals surface area contributed by atoms with E-state index in [0.29, 0.717) is 37.4 Å². The second-order valence-electron chi connectivity index (χ2n) is 9.50. The van der Waals surface area contributed by atoms with Crippen LogP contribution in [0.1, 0.15) is 88.9 Å². The maximum atomic E-state index is 11.5. The Balaban J connectivity index is -0.000000284. The molecule has 1 heterocycles. The normalized spacial score (nSPS) is 9.43. The predicted octanol–water partition coefficient (Wildman–Crippen LogP) is 3.49. The summed E-state index contributed by atoms with van der Waals surface area (Å²) in [6, 6.07) is 0. The van der Waals surface area contributed by atoms with Gasteiger partial charge in [-0.1, -0.05) is 13.8 Å². The van der Waals surface area contributed by atoms with E-state index in [0.717, 1.165) is 6.26 Å². The fourth-order valence-electron chi connectivity index (χ4n) is 2.82. The average molecular weight is 748 g/mol. The van der Waals surface area contributed by atoms with Crippen LogP contribution in [0.3, 0.4) is 0 Å². The molecule has 0 aromatic carbocycles. The summed E-state index contributed by atoms with van der Waals surface area (Å²) >= 11 is 5.14. The largest absolute Gasteiger partial charge is 0.468 e. The van der Waals surface area contributed by atoms with Crippen molar-refractivity contribution < 1.29 is 66.5 Å². The zero-order valence-corrected chi connectivity index (χ0v) is 31.7. The Morgan fingerprint density at radius 2 is 1.22 bits per heavy atom. The Bertz CT molecular complexity index is 1340. The van der Waals surface area contributed by atoms with Crippen LogP contribution in [0.4, 0.5) is 0 Å². The Kier molecular flexibility index (Phi) is 34.8. The molecule has 0 unspecified atom stereocenters. The van der Waals surface area contributed by atoms with Crippen LogP contribution in [0.15, 0.2) is 27.2 Å². The van der Waals surface area contributed by atoms with E-state index in [9.17, 15) is 38.4 Å². The number of halogens is 1. The molecule has 1 rings (SSSR count). The summed E-state index contributed by atoms with van der Waals surface area (Å²) in [7, 11) is 3.50. The molecule has 0 saturated carbocycles. The summed E-state index contributed by atoms with van der Waals surface area (Å²) in [5.74, 6) is -2.29. The monoisotopic (exact) mass is 747 g/mol. The van der Waals surface area contributed by atoms with Crippen LogP contribution in [0.2, 0.25) is 0 Å². The SMILES string of the molecule is CCOC(=O)/C(=C\N(C)C)C(=O)CC.CCOC(=O)CC(=O)CC.CCOC(=O)CC(=O)CCl.CCOC(=O)c1coc(C)c(C)c1=O.O=C=O. The third-order valence-corrected chi connectivity index (χ3v) is 5.60. The molecule has 0 fully saturated rings. The van der Waals surface area contributed by atoms with Crippen LogP contribution in [0.25, 0.3) is 0 Å². The summed E-state index contributed by atoms with van der Waals surface area (Å²) in [4.78, 5) is 106. The minimum Gasteiger partial charge on any atom is -0.468 e. The third kappa shape index (κ3) is 28.6. The second kappa shape index (κ2) is 33.5. The van der Waals surface area contributed by atoms with Crippen molar-refractivity contribution in [1.29, 1.82) is 0 Å². The van der Waals surface area contributed by atoms with Gasteiger partial charge in [-0.25, -0.2) is 9.59 Å². The Morgan fingerprint density at radius 1 is 0.765 bits per heavy atom. The molecule has 0 amide bonds. The standard InChI is InChI=1S/C10H17NO3.C10H12O4.C7H12O3.C6H9ClO3.CO2/c1-5-9(12)8(7-11(3)4)10(13)14-6-2;1-4-13-10(12)8-5-14-7(3)6(2)9(8)11;1-3-6(8)5-7(9)10-4-2;1-2-10-6(9)3-5(8)4-7;2-1-3/h7H,5-6H2,1-4H3;5H,4H2,1-3H3;3-5H2,1-2H3;2-4H2,1H3;/b8-7-;;;;. The van der Waals surface area contributed by atoms with Gasteiger partial charge in [-0.2, -0.15) is 9.59 Å². The first-order valence-corrected chi connectivity index (χ1v) is 16.2. The van der Waals surface area contributed by atoms with Crippen molar-refractivity contribution in [1.82, 2.24) is 4.90 Å². The summed E-state index contributed by atoms with van der Waals surface area (Å²) in [5.41, 5.74) is 0.178. The predicted molar refractivity (Wildman–Crippen MR) is 183 cm³/mol. The molecule has 0 N–H and O–H groups in total. The molecular weight excluding hydrogens is 698 g/mol. The molecule has 0 saturated heterocycles. The molecule has 0 radical (unpaired) electrons. The van der Waals surface area contributed by atoms with Gasteiger partial charge in [-0.3, -0.25) is 28.8 Å². The van der Waals surface area contributed by atoms with Crippen LogP contribution in [0.5, 0.6) is 0 Å². The molecule has 1 aromatic heterocycles. The Labute approximate surface area is 302 Å². The van der Waals surface area contributed by atoms with Crippen molar-refractivity contribution in [3.8, 4) is 0 Å². The number of aryl methyl sites for hydroxylation is 1. The van der Waals surface area contributed by atoms with Crippen LogP contribution >= 0.6 is 11.6 Å². The molecule has 0 bridgehead atoms.